The molecule has 1 aromatic carbocycles. The van der Waals surface area contributed by atoms with Gasteiger partial charge < -0.3 is 15.0 Å². The molecule has 0 bridgehead atoms. The van der Waals surface area contributed by atoms with Crippen LogP contribution in [0.5, 0.6) is 5.75 Å². The Hall–Kier alpha value is -3.40. The van der Waals surface area contributed by atoms with Crippen LogP contribution in [0.25, 0.3) is 11.3 Å². The van der Waals surface area contributed by atoms with Gasteiger partial charge in [-0.2, -0.15) is 5.10 Å². The summed E-state index contributed by atoms with van der Waals surface area (Å²) in [5, 5.41) is 7.67. The average molecular weight is 483 g/mol. The van der Waals surface area contributed by atoms with Crippen molar-refractivity contribution in [2.75, 3.05) is 31.1 Å². The minimum absolute atomic E-state index is 0.0517. The van der Waals surface area contributed by atoms with Gasteiger partial charge >= 0.3 is 0 Å². The quantitative estimate of drug-likeness (QED) is 0.538. The van der Waals surface area contributed by atoms with E-state index < -0.39 is 11.6 Å². The first-order valence-electron chi connectivity index (χ1n) is 11.9. The molecule has 2 aromatic heterocycles. The Morgan fingerprint density at radius 1 is 1.20 bits per heavy atom. The first-order valence-corrected chi connectivity index (χ1v) is 11.9. The normalized spacial score (nSPS) is 16.3. The van der Waals surface area contributed by atoms with Gasteiger partial charge in [0.1, 0.15) is 18.1 Å². The lowest BCUT2D eigenvalue weighted by atomic mass is 10.1. The van der Waals surface area contributed by atoms with E-state index in [9.17, 15) is 13.6 Å². The van der Waals surface area contributed by atoms with E-state index in [1.165, 1.54) is 6.07 Å². The Balaban J connectivity index is 1.40. The molecule has 0 radical (unpaired) electrons. The lowest BCUT2D eigenvalue weighted by molar-refractivity contribution is 0.0990. The highest BCUT2D eigenvalue weighted by Crippen LogP contribution is 2.39. The number of halogens is 2. The predicted molar refractivity (Wildman–Crippen MR) is 127 cm³/mol. The summed E-state index contributed by atoms with van der Waals surface area (Å²) in [6.07, 6.45) is 6.13. The van der Waals surface area contributed by atoms with Gasteiger partial charge in [-0.3, -0.25) is 9.48 Å². The number of carbonyl (C=O) groups excluding carboxylic acids is 1. The zero-order valence-electron chi connectivity index (χ0n) is 19.8. The highest BCUT2D eigenvalue weighted by atomic mass is 19.1. The van der Waals surface area contributed by atoms with Crippen molar-refractivity contribution < 1.29 is 18.3 Å². The number of ether oxygens (including phenoxy) is 1. The van der Waals surface area contributed by atoms with E-state index in [0.717, 1.165) is 32.1 Å². The molecule has 10 heteroatoms. The van der Waals surface area contributed by atoms with Crippen LogP contribution in [-0.4, -0.2) is 57.8 Å². The number of piperidine rings is 1. The van der Waals surface area contributed by atoms with Gasteiger partial charge in [0, 0.05) is 17.8 Å². The number of nitrogens with zero attached hydrogens (tertiary/aromatic N) is 5. The van der Waals surface area contributed by atoms with E-state index in [1.54, 1.807) is 18.5 Å². The van der Waals surface area contributed by atoms with Crippen LogP contribution in [0.2, 0.25) is 0 Å². The topological polar surface area (TPSA) is 85.2 Å². The van der Waals surface area contributed by atoms with E-state index in [-0.39, 0.29) is 47.1 Å². The van der Waals surface area contributed by atoms with E-state index in [0.29, 0.717) is 24.4 Å². The molecule has 184 valence electrons. The number of fused-ring (bicyclic) bond motifs is 1. The fraction of sp³-hybridized carbons (Fsp3) is 0.440. The third-order valence-corrected chi connectivity index (χ3v) is 6.53. The predicted octanol–water partition coefficient (Wildman–Crippen LogP) is 3.58. The molecule has 0 atom stereocenters. The maximum atomic E-state index is 14.9. The molecule has 0 unspecified atom stereocenters. The zero-order chi connectivity index (χ0) is 24.5. The van der Waals surface area contributed by atoms with Crippen molar-refractivity contribution in [3.05, 3.63) is 53.7 Å². The molecule has 2 aliphatic rings. The first kappa shape index (κ1) is 23.3. The summed E-state index contributed by atoms with van der Waals surface area (Å²) in [6, 6.07) is 3.27. The lowest BCUT2D eigenvalue weighted by Gasteiger charge is -2.34. The molecule has 2 aliphatic heterocycles. The number of benzene rings is 1. The fourth-order valence-electron chi connectivity index (χ4n) is 4.66. The monoisotopic (exact) mass is 482 g/mol. The van der Waals surface area contributed by atoms with Crippen molar-refractivity contribution in [1.29, 1.82) is 0 Å². The van der Waals surface area contributed by atoms with Gasteiger partial charge in [-0.1, -0.05) is 0 Å². The third kappa shape index (κ3) is 4.75. The standard InChI is InChI=1S/C25H28F2N6O2/c1-15(2)32-7-8-35-25-19(26)9-16(10-21(25)32)24-20(27)13-29-23(31-24)11-22(34)17-12-30-33(14-17)18-3-5-28-6-4-18/h9-10,12-15,18,28H,3-8,11H2,1-2H3. The summed E-state index contributed by atoms with van der Waals surface area (Å²) >= 11 is 0. The van der Waals surface area contributed by atoms with Gasteiger partial charge in [0.05, 0.1) is 42.7 Å². The molecule has 8 nitrogen and oxygen atoms in total. The molecule has 0 spiro atoms. The summed E-state index contributed by atoms with van der Waals surface area (Å²) in [5.41, 5.74) is 1.23. The molecule has 35 heavy (non-hydrogen) atoms. The van der Waals surface area contributed by atoms with Crippen LogP contribution in [0.15, 0.2) is 30.7 Å². The van der Waals surface area contributed by atoms with Gasteiger partial charge in [0.2, 0.25) is 0 Å². The van der Waals surface area contributed by atoms with E-state index in [2.05, 4.69) is 20.4 Å². The molecule has 1 N–H and O–H groups in total. The minimum Gasteiger partial charge on any atom is -0.486 e. The maximum Gasteiger partial charge on any atom is 0.178 e. The van der Waals surface area contributed by atoms with Gasteiger partial charge in [0.25, 0.3) is 0 Å². The highest BCUT2D eigenvalue weighted by molar-refractivity contribution is 5.96. The Kier molecular flexibility index (Phi) is 6.46. The largest absolute Gasteiger partial charge is 0.486 e. The molecule has 0 aliphatic carbocycles. The van der Waals surface area contributed by atoms with Crippen molar-refractivity contribution >= 4 is 11.5 Å². The smallest absolute Gasteiger partial charge is 0.178 e. The number of ketones is 1. The lowest BCUT2D eigenvalue weighted by Crippen LogP contribution is -2.38. The summed E-state index contributed by atoms with van der Waals surface area (Å²) < 4.78 is 37.0. The second-order valence-electron chi connectivity index (χ2n) is 9.21. The molecular formula is C25H28F2N6O2. The molecule has 5 rings (SSSR count). The van der Waals surface area contributed by atoms with Crippen molar-refractivity contribution in [3.8, 4) is 17.0 Å². The number of aromatic nitrogens is 4. The first-order chi connectivity index (χ1) is 16.9. The number of hydrogen-bond donors (Lipinski definition) is 1. The van der Waals surface area contributed by atoms with Crippen LogP contribution in [0.3, 0.4) is 0 Å². The Labute approximate surface area is 202 Å². The van der Waals surface area contributed by atoms with Gasteiger partial charge in [0.15, 0.2) is 23.2 Å². The fourth-order valence-corrected chi connectivity index (χ4v) is 4.66. The number of hydrogen-bond acceptors (Lipinski definition) is 7. The molecule has 0 amide bonds. The summed E-state index contributed by atoms with van der Waals surface area (Å²) in [4.78, 5) is 23.2. The van der Waals surface area contributed by atoms with Gasteiger partial charge in [-0.05, 0) is 51.9 Å². The Bertz CT molecular complexity index is 1240. The van der Waals surface area contributed by atoms with Crippen molar-refractivity contribution in [1.82, 2.24) is 25.1 Å². The van der Waals surface area contributed by atoms with Crippen LogP contribution in [0.4, 0.5) is 14.5 Å². The van der Waals surface area contributed by atoms with Crippen molar-refractivity contribution in [2.45, 2.75) is 45.2 Å². The number of nitrogens with one attached hydrogen (secondary N) is 1. The van der Waals surface area contributed by atoms with Crippen molar-refractivity contribution in [3.63, 3.8) is 0 Å². The summed E-state index contributed by atoms with van der Waals surface area (Å²) in [5.74, 6) is -1.16. The molecular weight excluding hydrogens is 454 g/mol. The zero-order valence-corrected chi connectivity index (χ0v) is 19.8. The molecule has 4 heterocycles. The Morgan fingerprint density at radius 3 is 2.77 bits per heavy atom. The van der Waals surface area contributed by atoms with Crippen molar-refractivity contribution in [2.24, 2.45) is 0 Å². The van der Waals surface area contributed by atoms with Gasteiger partial charge in [-0.25, -0.2) is 18.7 Å². The van der Waals surface area contributed by atoms with Crippen LogP contribution in [0.1, 0.15) is 48.9 Å². The van der Waals surface area contributed by atoms with Crippen LogP contribution >= 0.6 is 0 Å². The Morgan fingerprint density at radius 2 is 2.00 bits per heavy atom. The average Bonchev–Trinajstić information content (AvgIpc) is 3.36. The SMILES string of the molecule is CC(C)N1CCOc2c(F)cc(-c3nc(CC(=O)c4cnn(C5CCNCC5)c4)ncc3F)cc21. The molecule has 3 aromatic rings. The maximum absolute atomic E-state index is 14.9. The van der Waals surface area contributed by atoms with Gasteiger partial charge in [-0.15, -0.1) is 0 Å². The number of rotatable bonds is 6. The van der Waals surface area contributed by atoms with Crippen LogP contribution in [0, 0.1) is 11.6 Å². The second-order valence-corrected chi connectivity index (χ2v) is 9.21. The number of anilines is 1. The molecule has 1 fully saturated rings. The minimum atomic E-state index is -0.688. The molecule has 0 saturated carbocycles. The summed E-state index contributed by atoms with van der Waals surface area (Å²) in [7, 11) is 0. The second kappa shape index (κ2) is 9.69. The number of carbonyl (C=O) groups is 1. The van der Waals surface area contributed by atoms with E-state index in [4.69, 9.17) is 4.74 Å². The van der Waals surface area contributed by atoms with E-state index >= 15 is 0 Å². The van der Waals surface area contributed by atoms with Crippen LogP contribution in [-0.2, 0) is 6.42 Å². The highest BCUT2D eigenvalue weighted by Gasteiger charge is 2.26. The molecule has 1 saturated heterocycles. The third-order valence-electron chi connectivity index (χ3n) is 6.53. The van der Waals surface area contributed by atoms with E-state index in [1.807, 2.05) is 23.4 Å². The van der Waals surface area contributed by atoms with Crippen LogP contribution < -0.4 is 15.0 Å². The summed E-state index contributed by atoms with van der Waals surface area (Å²) in [6.45, 7) is 6.83. The number of Topliss-reactive ketones (excluding diaryl/α,β-unsaturated/α-hetero) is 1.